The molecular weight excluding hydrogens is 454 g/mol. The lowest BCUT2D eigenvalue weighted by molar-refractivity contribution is 0.330. The van der Waals surface area contributed by atoms with E-state index in [0.29, 0.717) is 18.3 Å². The van der Waals surface area contributed by atoms with Crippen LogP contribution in [-0.4, -0.2) is 27.0 Å². The van der Waals surface area contributed by atoms with Gasteiger partial charge in [0.25, 0.3) is 0 Å². The summed E-state index contributed by atoms with van der Waals surface area (Å²) in [6.07, 6.45) is 6.16. The highest BCUT2D eigenvalue weighted by atomic mass is 32.2. The number of benzene rings is 1. The fourth-order valence-corrected chi connectivity index (χ4v) is 5.78. The Kier molecular flexibility index (Phi) is 6.97. The van der Waals surface area contributed by atoms with Crippen LogP contribution in [0.1, 0.15) is 49.7 Å². The van der Waals surface area contributed by atoms with Gasteiger partial charge < -0.3 is 19.1 Å². The summed E-state index contributed by atoms with van der Waals surface area (Å²) in [5, 5.41) is 19.9. The van der Waals surface area contributed by atoms with Gasteiger partial charge in [0.1, 0.15) is 5.75 Å². The Balaban J connectivity index is 1.31. The summed E-state index contributed by atoms with van der Waals surface area (Å²) in [6.45, 7) is 0.615. The number of ether oxygens (including phenoxy) is 1. The van der Waals surface area contributed by atoms with Crippen LogP contribution in [-0.2, 0) is 12.3 Å². The van der Waals surface area contributed by atoms with E-state index >= 15 is 0 Å². The van der Waals surface area contributed by atoms with Crippen molar-refractivity contribution in [3.8, 4) is 16.4 Å². The third-order valence-electron chi connectivity index (χ3n) is 5.87. The van der Waals surface area contributed by atoms with Crippen molar-refractivity contribution >= 4 is 28.8 Å². The number of thiophene rings is 1. The molecule has 0 amide bonds. The molecule has 7 nitrogen and oxygen atoms in total. The maximum absolute atomic E-state index is 5.54. The highest BCUT2D eigenvalue weighted by molar-refractivity contribution is 7.98. The first kappa shape index (κ1) is 22.0. The Morgan fingerprint density at radius 3 is 2.88 bits per heavy atom. The minimum absolute atomic E-state index is 0.442. The zero-order chi connectivity index (χ0) is 22.5. The molecule has 1 N–H and O–H groups in total. The van der Waals surface area contributed by atoms with Crippen LogP contribution in [0.25, 0.3) is 10.6 Å². The largest absolute Gasteiger partial charge is 0.497 e. The molecule has 0 radical (unpaired) electrons. The molecule has 0 unspecified atom stereocenters. The van der Waals surface area contributed by atoms with E-state index in [4.69, 9.17) is 9.26 Å². The highest BCUT2D eigenvalue weighted by Gasteiger charge is 2.23. The number of anilines is 1. The van der Waals surface area contributed by atoms with Crippen molar-refractivity contribution in [2.75, 3.05) is 12.4 Å². The van der Waals surface area contributed by atoms with Crippen LogP contribution < -0.4 is 10.1 Å². The van der Waals surface area contributed by atoms with Crippen molar-refractivity contribution in [3.05, 3.63) is 59.4 Å². The van der Waals surface area contributed by atoms with Crippen LogP contribution >= 0.6 is 23.1 Å². The van der Waals surface area contributed by atoms with Crippen LogP contribution in [0, 0.1) is 0 Å². The third kappa shape index (κ3) is 5.25. The van der Waals surface area contributed by atoms with Crippen LogP contribution in [0.15, 0.2) is 57.5 Å². The van der Waals surface area contributed by atoms with E-state index in [2.05, 4.69) is 25.2 Å². The first-order valence-electron chi connectivity index (χ1n) is 11.2. The second kappa shape index (κ2) is 10.4. The maximum atomic E-state index is 5.54. The second-order valence-electron chi connectivity index (χ2n) is 8.09. The van der Waals surface area contributed by atoms with Gasteiger partial charge in [0, 0.05) is 29.6 Å². The number of nitrogens with one attached hydrogen (secondary N) is 1. The zero-order valence-corrected chi connectivity index (χ0v) is 20.2. The second-order valence-corrected chi connectivity index (χ2v) is 9.98. The average Bonchev–Trinajstić information content (AvgIpc) is 3.63. The first-order valence-corrected chi connectivity index (χ1v) is 13.1. The lowest BCUT2D eigenvalue weighted by Gasteiger charge is -2.25. The van der Waals surface area contributed by atoms with E-state index in [1.54, 1.807) is 30.2 Å². The molecule has 0 spiro atoms. The Bertz CT molecular complexity index is 1170. The number of hydrogen-bond donors (Lipinski definition) is 1. The molecule has 1 fully saturated rings. The number of hydrogen-bond acceptors (Lipinski definition) is 8. The van der Waals surface area contributed by atoms with Crippen molar-refractivity contribution < 1.29 is 9.26 Å². The van der Waals surface area contributed by atoms with Crippen molar-refractivity contribution in [1.29, 1.82) is 0 Å². The SMILES string of the molecule is COc1cccc(NCc2nnc(SCc3cc(-c4cccs4)on3)n2C2CCCCC2)c1. The molecule has 1 aliphatic carbocycles. The van der Waals surface area contributed by atoms with Crippen LogP contribution in [0.2, 0.25) is 0 Å². The van der Waals surface area contributed by atoms with E-state index in [0.717, 1.165) is 38.7 Å². The van der Waals surface area contributed by atoms with Gasteiger partial charge >= 0.3 is 0 Å². The van der Waals surface area contributed by atoms with Gasteiger partial charge in [0.2, 0.25) is 0 Å². The van der Waals surface area contributed by atoms with Gasteiger partial charge in [0.05, 0.1) is 24.2 Å². The molecule has 9 heteroatoms. The molecule has 1 saturated carbocycles. The Hall–Kier alpha value is -2.78. The van der Waals surface area contributed by atoms with Gasteiger partial charge in [-0.05, 0) is 36.4 Å². The van der Waals surface area contributed by atoms with Gasteiger partial charge in [-0.1, -0.05) is 48.3 Å². The van der Waals surface area contributed by atoms with Gasteiger partial charge in [-0.25, -0.2) is 0 Å². The predicted octanol–water partition coefficient (Wildman–Crippen LogP) is 6.41. The molecule has 0 bridgehead atoms. The van der Waals surface area contributed by atoms with E-state index in [9.17, 15) is 0 Å². The number of methoxy groups -OCH3 is 1. The Labute approximate surface area is 201 Å². The zero-order valence-electron chi connectivity index (χ0n) is 18.6. The van der Waals surface area contributed by atoms with Gasteiger partial charge in [-0.15, -0.1) is 21.5 Å². The number of thioether (sulfide) groups is 1. The summed E-state index contributed by atoms with van der Waals surface area (Å²) in [5.41, 5.74) is 1.92. The minimum Gasteiger partial charge on any atom is -0.497 e. The fourth-order valence-electron chi connectivity index (χ4n) is 4.20. The molecule has 0 atom stereocenters. The third-order valence-corrected chi connectivity index (χ3v) is 7.73. The van der Waals surface area contributed by atoms with E-state index in [1.165, 1.54) is 32.1 Å². The van der Waals surface area contributed by atoms with Crippen molar-refractivity contribution in [3.63, 3.8) is 0 Å². The molecule has 0 aliphatic heterocycles. The number of nitrogens with zero attached hydrogens (tertiary/aromatic N) is 4. The maximum Gasteiger partial charge on any atom is 0.191 e. The van der Waals surface area contributed by atoms with E-state index in [-0.39, 0.29) is 0 Å². The standard InChI is InChI=1S/C24H27N5O2S2/c1-30-20-10-5-7-17(13-20)25-15-23-26-27-24(29(23)19-8-3-2-4-9-19)33-16-18-14-21(31-28-18)22-11-6-12-32-22/h5-7,10-14,19,25H,2-4,8-9,15-16H2,1H3. The first-order chi connectivity index (χ1) is 16.3. The topological polar surface area (TPSA) is 78.0 Å². The summed E-state index contributed by atoms with van der Waals surface area (Å²) in [6, 6.07) is 14.5. The summed E-state index contributed by atoms with van der Waals surface area (Å²) in [7, 11) is 1.68. The monoisotopic (exact) mass is 481 g/mol. The lowest BCUT2D eigenvalue weighted by atomic mass is 9.95. The lowest BCUT2D eigenvalue weighted by Crippen LogP contribution is -2.18. The molecule has 172 valence electrons. The molecule has 33 heavy (non-hydrogen) atoms. The van der Waals surface area contributed by atoms with Gasteiger partial charge in [-0.2, -0.15) is 0 Å². The summed E-state index contributed by atoms with van der Waals surface area (Å²) < 4.78 is 13.2. The predicted molar refractivity (Wildman–Crippen MR) is 132 cm³/mol. The van der Waals surface area contributed by atoms with E-state index < -0.39 is 0 Å². The van der Waals surface area contributed by atoms with Crippen molar-refractivity contribution in [2.24, 2.45) is 0 Å². The van der Waals surface area contributed by atoms with Crippen molar-refractivity contribution in [1.82, 2.24) is 19.9 Å². The van der Waals surface area contributed by atoms with Gasteiger partial charge in [-0.3, -0.25) is 0 Å². The number of rotatable bonds is 9. The Morgan fingerprint density at radius 1 is 1.15 bits per heavy atom. The molecule has 5 rings (SSSR count). The summed E-state index contributed by atoms with van der Waals surface area (Å²) in [4.78, 5) is 1.09. The van der Waals surface area contributed by atoms with Gasteiger partial charge in [0.15, 0.2) is 16.7 Å². The molecule has 3 heterocycles. The summed E-state index contributed by atoms with van der Waals surface area (Å²) >= 11 is 3.33. The Morgan fingerprint density at radius 2 is 2.06 bits per heavy atom. The quantitative estimate of drug-likeness (QED) is 0.277. The van der Waals surface area contributed by atoms with E-state index in [1.807, 2.05) is 47.8 Å². The molecule has 0 saturated heterocycles. The molecule has 3 aromatic heterocycles. The minimum atomic E-state index is 0.442. The average molecular weight is 482 g/mol. The number of aromatic nitrogens is 4. The smallest absolute Gasteiger partial charge is 0.191 e. The fraction of sp³-hybridized carbons (Fsp3) is 0.375. The van der Waals surface area contributed by atoms with Crippen LogP contribution in [0.3, 0.4) is 0 Å². The van der Waals surface area contributed by atoms with Crippen LogP contribution in [0.4, 0.5) is 5.69 Å². The normalized spacial score (nSPS) is 14.5. The molecule has 1 aromatic carbocycles. The van der Waals surface area contributed by atoms with Crippen molar-refractivity contribution in [2.45, 2.75) is 55.6 Å². The molecule has 4 aromatic rings. The molecular formula is C24H27N5O2S2. The summed E-state index contributed by atoms with van der Waals surface area (Å²) in [5.74, 6) is 3.31. The van der Waals surface area contributed by atoms with Crippen LogP contribution in [0.5, 0.6) is 5.75 Å². The molecule has 1 aliphatic rings. The highest BCUT2D eigenvalue weighted by Crippen LogP contribution is 2.34.